The minimum Gasteiger partial charge on any atom is -0.302 e. The van der Waals surface area contributed by atoms with Crippen LogP contribution in [0.25, 0.3) is 0 Å². The Balaban J connectivity index is 2.23. The Morgan fingerprint density at radius 3 is 2.85 bits per heavy atom. The molecule has 0 N–H and O–H groups in total. The van der Waals surface area contributed by atoms with Gasteiger partial charge in [-0.2, -0.15) is 11.3 Å². The summed E-state index contributed by atoms with van der Waals surface area (Å²) in [7, 11) is 0. The normalized spacial score (nSPS) is 11.0. The lowest BCUT2D eigenvalue weighted by Gasteiger charge is -2.18. The van der Waals surface area contributed by atoms with E-state index < -0.39 is 0 Å². The van der Waals surface area contributed by atoms with Gasteiger partial charge in [-0.25, -0.2) is 0 Å². The molecule has 3 heteroatoms. The van der Waals surface area contributed by atoms with E-state index in [0.29, 0.717) is 0 Å². The predicted molar refractivity (Wildman–Crippen MR) is 63.9 cm³/mol. The van der Waals surface area contributed by atoms with E-state index in [-0.39, 0.29) is 0 Å². The molecule has 1 aromatic heterocycles. The molecular formula is C10H16BrNS. The molecule has 0 aliphatic rings. The van der Waals surface area contributed by atoms with Crippen LogP contribution in [0, 0.1) is 0 Å². The van der Waals surface area contributed by atoms with Crippen LogP contribution in [0.3, 0.4) is 0 Å². The molecule has 1 rings (SSSR count). The second-order valence-corrected chi connectivity index (χ2v) is 4.58. The van der Waals surface area contributed by atoms with Gasteiger partial charge in [-0.05, 0) is 35.4 Å². The summed E-state index contributed by atoms with van der Waals surface area (Å²) in [6.07, 6.45) is 1.18. The molecule has 13 heavy (non-hydrogen) atoms. The van der Waals surface area contributed by atoms with Crippen molar-refractivity contribution in [3.05, 3.63) is 22.4 Å². The van der Waals surface area contributed by atoms with Crippen LogP contribution >= 0.6 is 27.3 Å². The van der Waals surface area contributed by atoms with Crippen LogP contribution in [0.1, 0.15) is 12.5 Å². The van der Waals surface area contributed by atoms with Crippen LogP contribution in [0.15, 0.2) is 16.8 Å². The Morgan fingerprint density at radius 1 is 1.46 bits per heavy atom. The Morgan fingerprint density at radius 2 is 2.31 bits per heavy atom. The number of rotatable bonds is 6. The highest BCUT2D eigenvalue weighted by atomic mass is 79.9. The van der Waals surface area contributed by atoms with E-state index in [2.05, 4.69) is 44.6 Å². The molecule has 1 heterocycles. The van der Waals surface area contributed by atoms with Gasteiger partial charge >= 0.3 is 0 Å². The third kappa shape index (κ3) is 4.25. The van der Waals surface area contributed by atoms with Crippen LogP contribution in [-0.2, 0) is 6.42 Å². The van der Waals surface area contributed by atoms with Crippen LogP contribution in [0.5, 0.6) is 0 Å². The minimum absolute atomic E-state index is 1.07. The van der Waals surface area contributed by atoms with E-state index in [1.54, 1.807) is 11.3 Å². The number of hydrogen-bond donors (Lipinski definition) is 0. The number of nitrogens with zero attached hydrogens (tertiary/aromatic N) is 1. The van der Waals surface area contributed by atoms with Crippen LogP contribution in [0.4, 0.5) is 0 Å². The lowest BCUT2D eigenvalue weighted by molar-refractivity contribution is 0.311. The number of likely N-dealkylation sites (N-methyl/N-ethyl adjacent to an activating group) is 1. The maximum atomic E-state index is 3.47. The topological polar surface area (TPSA) is 3.24 Å². The standard InChI is InChI=1S/C10H16BrNS/c1-2-12(7-5-11)6-3-10-4-8-13-9-10/h4,8-9H,2-3,5-7H2,1H3. The molecule has 0 spiro atoms. The second kappa shape index (κ2) is 6.57. The molecule has 0 amide bonds. The van der Waals surface area contributed by atoms with Crippen molar-refractivity contribution in [1.29, 1.82) is 0 Å². The first-order chi connectivity index (χ1) is 6.36. The van der Waals surface area contributed by atoms with Crippen molar-refractivity contribution in [1.82, 2.24) is 4.90 Å². The molecular weight excluding hydrogens is 246 g/mol. The molecule has 0 unspecified atom stereocenters. The Bertz CT molecular complexity index is 211. The van der Waals surface area contributed by atoms with Crippen molar-refractivity contribution in [2.24, 2.45) is 0 Å². The molecule has 0 aliphatic heterocycles. The maximum Gasteiger partial charge on any atom is 0.0159 e. The SMILES string of the molecule is CCN(CCBr)CCc1ccsc1. The van der Waals surface area contributed by atoms with Gasteiger partial charge in [0.1, 0.15) is 0 Å². The van der Waals surface area contributed by atoms with Gasteiger partial charge in [0, 0.05) is 18.4 Å². The van der Waals surface area contributed by atoms with E-state index in [1.165, 1.54) is 18.5 Å². The van der Waals surface area contributed by atoms with Crippen molar-refractivity contribution in [3.63, 3.8) is 0 Å². The summed E-state index contributed by atoms with van der Waals surface area (Å²) in [6.45, 7) is 5.70. The van der Waals surface area contributed by atoms with Crippen molar-refractivity contribution in [2.45, 2.75) is 13.3 Å². The largest absolute Gasteiger partial charge is 0.302 e. The number of hydrogen-bond acceptors (Lipinski definition) is 2. The van der Waals surface area contributed by atoms with Gasteiger partial charge in [-0.3, -0.25) is 0 Å². The summed E-state index contributed by atoms with van der Waals surface area (Å²) >= 11 is 5.25. The van der Waals surface area contributed by atoms with Gasteiger partial charge in [0.05, 0.1) is 0 Å². The summed E-state index contributed by atoms with van der Waals surface area (Å²) in [4.78, 5) is 2.46. The molecule has 0 atom stereocenters. The zero-order valence-electron chi connectivity index (χ0n) is 8.00. The fraction of sp³-hybridized carbons (Fsp3) is 0.600. The predicted octanol–water partition coefficient (Wildman–Crippen LogP) is 3.01. The first-order valence-corrected chi connectivity index (χ1v) is 6.72. The molecule has 0 radical (unpaired) electrons. The summed E-state index contributed by atoms with van der Waals surface area (Å²) in [5.41, 5.74) is 1.47. The number of alkyl halides is 1. The fourth-order valence-corrected chi connectivity index (χ4v) is 2.47. The molecule has 0 saturated carbocycles. The second-order valence-electron chi connectivity index (χ2n) is 3.00. The summed E-state index contributed by atoms with van der Waals surface area (Å²) in [6, 6.07) is 2.21. The zero-order chi connectivity index (χ0) is 9.52. The van der Waals surface area contributed by atoms with Crippen LogP contribution in [0.2, 0.25) is 0 Å². The Labute approximate surface area is 92.9 Å². The third-order valence-electron chi connectivity index (χ3n) is 2.14. The van der Waals surface area contributed by atoms with Crippen LogP contribution < -0.4 is 0 Å². The minimum atomic E-state index is 1.07. The highest BCUT2D eigenvalue weighted by Crippen LogP contribution is 2.07. The Hall–Kier alpha value is 0.140. The molecule has 1 aromatic rings. The van der Waals surface area contributed by atoms with E-state index >= 15 is 0 Å². The van der Waals surface area contributed by atoms with Gasteiger partial charge in [-0.1, -0.05) is 22.9 Å². The highest BCUT2D eigenvalue weighted by molar-refractivity contribution is 9.09. The maximum absolute atomic E-state index is 3.47. The van der Waals surface area contributed by atoms with Gasteiger partial charge in [0.15, 0.2) is 0 Å². The average molecular weight is 262 g/mol. The lowest BCUT2D eigenvalue weighted by atomic mass is 10.2. The van der Waals surface area contributed by atoms with Crippen molar-refractivity contribution in [2.75, 3.05) is 25.0 Å². The van der Waals surface area contributed by atoms with E-state index in [9.17, 15) is 0 Å². The first-order valence-electron chi connectivity index (χ1n) is 4.66. The summed E-state index contributed by atoms with van der Waals surface area (Å²) in [5, 5.41) is 5.46. The first kappa shape index (κ1) is 11.2. The number of thiophene rings is 1. The van der Waals surface area contributed by atoms with Gasteiger partial charge < -0.3 is 4.90 Å². The number of halogens is 1. The molecule has 0 saturated heterocycles. The van der Waals surface area contributed by atoms with E-state index in [4.69, 9.17) is 0 Å². The van der Waals surface area contributed by atoms with Crippen molar-refractivity contribution in [3.8, 4) is 0 Å². The lowest BCUT2D eigenvalue weighted by Crippen LogP contribution is -2.27. The third-order valence-corrected chi connectivity index (χ3v) is 3.23. The molecule has 74 valence electrons. The van der Waals surface area contributed by atoms with Gasteiger partial charge in [-0.15, -0.1) is 0 Å². The summed E-state index contributed by atoms with van der Waals surface area (Å²) in [5.74, 6) is 0. The molecule has 0 aliphatic carbocycles. The zero-order valence-corrected chi connectivity index (χ0v) is 10.4. The molecule has 0 aromatic carbocycles. The van der Waals surface area contributed by atoms with Crippen molar-refractivity contribution < 1.29 is 0 Å². The monoisotopic (exact) mass is 261 g/mol. The van der Waals surface area contributed by atoms with Crippen molar-refractivity contribution >= 4 is 27.3 Å². The molecule has 0 bridgehead atoms. The molecule has 0 fully saturated rings. The fourth-order valence-electron chi connectivity index (χ4n) is 1.27. The summed E-state index contributed by atoms with van der Waals surface area (Å²) < 4.78 is 0. The van der Waals surface area contributed by atoms with Crippen LogP contribution in [-0.4, -0.2) is 29.9 Å². The van der Waals surface area contributed by atoms with E-state index in [1.807, 2.05) is 0 Å². The van der Waals surface area contributed by atoms with Gasteiger partial charge in [0.25, 0.3) is 0 Å². The Kier molecular flexibility index (Phi) is 5.67. The quantitative estimate of drug-likeness (QED) is 0.712. The molecule has 1 nitrogen and oxygen atoms in total. The van der Waals surface area contributed by atoms with E-state index in [0.717, 1.165) is 18.4 Å². The smallest absolute Gasteiger partial charge is 0.0159 e. The highest BCUT2D eigenvalue weighted by Gasteiger charge is 2.01. The van der Waals surface area contributed by atoms with Gasteiger partial charge in [0.2, 0.25) is 0 Å². The average Bonchev–Trinajstić information content (AvgIpc) is 2.64.